The van der Waals surface area contributed by atoms with E-state index in [-0.39, 0.29) is 35.4 Å². The van der Waals surface area contributed by atoms with Gasteiger partial charge in [0, 0.05) is 30.7 Å². The summed E-state index contributed by atoms with van der Waals surface area (Å²) in [7, 11) is -2.35. The smallest absolute Gasteiger partial charge is 0.246 e. The van der Waals surface area contributed by atoms with Crippen LogP contribution < -0.4 is 10.1 Å². The molecule has 1 aromatic heterocycles. The quantitative estimate of drug-likeness (QED) is 0.529. The van der Waals surface area contributed by atoms with Gasteiger partial charge >= 0.3 is 0 Å². The zero-order valence-electron chi connectivity index (χ0n) is 18.4. The highest BCUT2D eigenvalue weighted by atomic mass is 32.2. The van der Waals surface area contributed by atoms with Crippen LogP contribution >= 0.6 is 11.8 Å². The molecule has 178 valence electrons. The van der Waals surface area contributed by atoms with Crippen molar-refractivity contribution < 1.29 is 22.7 Å². The molecule has 5 rings (SSSR count). The molecule has 0 spiro atoms. The maximum absolute atomic E-state index is 13.1. The number of amides is 1. The van der Waals surface area contributed by atoms with Gasteiger partial charge in [-0.3, -0.25) is 4.79 Å². The first kappa shape index (κ1) is 22.6. The van der Waals surface area contributed by atoms with Crippen LogP contribution in [0, 0.1) is 0 Å². The molecule has 2 aromatic rings. The van der Waals surface area contributed by atoms with Crippen molar-refractivity contribution in [1.82, 2.24) is 19.1 Å². The lowest BCUT2D eigenvalue weighted by Gasteiger charge is -2.26. The molecule has 3 aliphatic rings. The number of nitrogens with zero attached hydrogens (tertiary/aromatic N) is 4. The molecule has 3 fully saturated rings. The molecule has 1 saturated heterocycles. The predicted molar refractivity (Wildman–Crippen MR) is 122 cm³/mol. The fraction of sp³-hybridized carbons (Fsp3) is 0.571. The number of aromatic nitrogens is 3. The Labute approximate surface area is 197 Å². The van der Waals surface area contributed by atoms with Crippen LogP contribution in [0.4, 0.5) is 5.69 Å². The first-order chi connectivity index (χ1) is 16.0. The van der Waals surface area contributed by atoms with Crippen molar-refractivity contribution >= 4 is 33.4 Å². The van der Waals surface area contributed by atoms with Crippen LogP contribution in [-0.4, -0.2) is 72.6 Å². The topological polar surface area (TPSA) is 116 Å². The van der Waals surface area contributed by atoms with Crippen LogP contribution in [0.15, 0.2) is 28.3 Å². The van der Waals surface area contributed by atoms with Crippen molar-refractivity contribution in [1.29, 1.82) is 0 Å². The number of anilines is 1. The number of methoxy groups -OCH3 is 1. The fourth-order valence-electron chi connectivity index (χ4n) is 3.89. The van der Waals surface area contributed by atoms with E-state index >= 15 is 0 Å². The van der Waals surface area contributed by atoms with E-state index in [0.717, 1.165) is 36.7 Å². The van der Waals surface area contributed by atoms with E-state index in [1.165, 1.54) is 29.2 Å². The maximum atomic E-state index is 13.1. The molecular weight excluding hydrogens is 466 g/mol. The largest absolute Gasteiger partial charge is 0.495 e. The monoisotopic (exact) mass is 493 g/mol. The number of hydrogen-bond acceptors (Lipinski definition) is 8. The Hall–Kier alpha value is -2.15. The van der Waals surface area contributed by atoms with Crippen LogP contribution in [0.1, 0.15) is 43.5 Å². The number of carbonyl (C=O) groups is 1. The lowest BCUT2D eigenvalue weighted by molar-refractivity contribution is -0.113. The van der Waals surface area contributed by atoms with E-state index in [4.69, 9.17) is 9.47 Å². The molecular formula is C21H27N5O5S2. The number of benzene rings is 1. The second-order valence-electron chi connectivity index (χ2n) is 8.44. The molecule has 0 radical (unpaired) electrons. The second-order valence-corrected chi connectivity index (χ2v) is 11.3. The van der Waals surface area contributed by atoms with E-state index < -0.39 is 10.0 Å². The Morgan fingerprint density at radius 1 is 1.21 bits per heavy atom. The zero-order valence-corrected chi connectivity index (χ0v) is 20.0. The first-order valence-corrected chi connectivity index (χ1v) is 13.5. The summed E-state index contributed by atoms with van der Waals surface area (Å²) in [5.74, 6) is 1.71. The summed E-state index contributed by atoms with van der Waals surface area (Å²) in [6, 6.07) is 5.10. The molecule has 1 amide bonds. The number of ether oxygens (including phenoxy) is 2. The molecule has 0 unspecified atom stereocenters. The van der Waals surface area contributed by atoms with Gasteiger partial charge in [0.25, 0.3) is 0 Å². The van der Waals surface area contributed by atoms with Gasteiger partial charge in [-0.25, -0.2) is 8.42 Å². The minimum atomic E-state index is -3.78. The van der Waals surface area contributed by atoms with Crippen LogP contribution in [0.2, 0.25) is 0 Å². The van der Waals surface area contributed by atoms with Gasteiger partial charge in [0.05, 0.1) is 26.1 Å². The van der Waals surface area contributed by atoms with Gasteiger partial charge in [-0.2, -0.15) is 4.31 Å². The highest BCUT2D eigenvalue weighted by Crippen LogP contribution is 2.46. The van der Waals surface area contributed by atoms with Crippen LogP contribution in [0.5, 0.6) is 5.75 Å². The van der Waals surface area contributed by atoms with Crippen molar-refractivity contribution in [2.45, 2.75) is 47.7 Å². The van der Waals surface area contributed by atoms with Crippen molar-refractivity contribution in [3.8, 4) is 5.75 Å². The Bertz CT molecular complexity index is 1140. The lowest BCUT2D eigenvalue weighted by atomic mass is 10.3. The van der Waals surface area contributed by atoms with Gasteiger partial charge in [0.2, 0.25) is 15.9 Å². The van der Waals surface area contributed by atoms with E-state index in [1.54, 1.807) is 12.1 Å². The van der Waals surface area contributed by atoms with Crippen LogP contribution in [-0.2, 0) is 19.6 Å². The van der Waals surface area contributed by atoms with E-state index in [9.17, 15) is 13.2 Å². The fourth-order valence-corrected chi connectivity index (χ4v) is 6.29. The molecule has 12 heteroatoms. The van der Waals surface area contributed by atoms with Crippen molar-refractivity contribution in [3.05, 3.63) is 24.0 Å². The van der Waals surface area contributed by atoms with Gasteiger partial charge in [-0.05, 0) is 43.9 Å². The average Bonchev–Trinajstić information content (AvgIpc) is 3.77. The second kappa shape index (κ2) is 9.24. The Balaban J connectivity index is 1.28. The number of hydrogen-bond donors (Lipinski definition) is 1. The van der Waals surface area contributed by atoms with Gasteiger partial charge in [-0.15, -0.1) is 10.2 Å². The van der Waals surface area contributed by atoms with E-state index in [1.807, 2.05) is 0 Å². The Kier molecular flexibility index (Phi) is 6.34. The summed E-state index contributed by atoms with van der Waals surface area (Å²) < 4.78 is 40.4. The molecule has 1 N–H and O–H groups in total. The summed E-state index contributed by atoms with van der Waals surface area (Å²) in [6.45, 7) is 1.26. The average molecular weight is 494 g/mol. The van der Waals surface area contributed by atoms with E-state index in [0.29, 0.717) is 30.9 Å². The minimum Gasteiger partial charge on any atom is -0.495 e. The first-order valence-electron chi connectivity index (χ1n) is 11.1. The summed E-state index contributed by atoms with van der Waals surface area (Å²) in [5.41, 5.74) is 0.399. The number of thioether (sulfide) groups is 1. The van der Waals surface area contributed by atoms with Gasteiger partial charge in [0.15, 0.2) is 5.16 Å². The number of sulfonamides is 1. The SMILES string of the molecule is COc1ccc(NC(=O)CSc2nnc(C3CC3)n2C2CC2)cc1S(=O)(=O)N1CCOCC1. The zero-order chi connectivity index (χ0) is 23.0. The number of rotatable bonds is 9. The van der Waals surface area contributed by atoms with Gasteiger partial charge < -0.3 is 19.4 Å². The molecule has 33 heavy (non-hydrogen) atoms. The van der Waals surface area contributed by atoms with Crippen LogP contribution in [0.3, 0.4) is 0 Å². The van der Waals surface area contributed by atoms with Gasteiger partial charge in [0.1, 0.15) is 16.5 Å². The highest BCUT2D eigenvalue weighted by molar-refractivity contribution is 7.99. The summed E-state index contributed by atoms with van der Waals surface area (Å²) in [5, 5.41) is 12.3. The van der Waals surface area contributed by atoms with Crippen LogP contribution in [0.25, 0.3) is 0 Å². The third-order valence-electron chi connectivity index (χ3n) is 5.91. The third-order valence-corrected chi connectivity index (χ3v) is 8.78. The highest BCUT2D eigenvalue weighted by Gasteiger charge is 2.36. The molecule has 2 saturated carbocycles. The molecule has 2 aliphatic carbocycles. The Morgan fingerprint density at radius 3 is 2.64 bits per heavy atom. The lowest BCUT2D eigenvalue weighted by Crippen LogP contribution is -2.40. The third kappa shape index (κ3) is 4.88. The summed E-state index contributed by atoms with van der Waals surface area (Å²) in [4.78, 5) is 12.7. The van der Waals surface area contributed by atoms with Crippen molar-refractivity contribution in [2.24, 2.45) is 0 Å². The Morgan fingerprint density at radius 2 is 1.97 bits per heavy atom. The molecule has 10 nitrogen and oxygen atoms in total. The molecule has 1 aromatic carbocycles. The number of carbonyl (C=O) groups excluding carboxylic acids is 1. The predicted octanol–water partition coefficient (Wildman–Crippen LogP) is 2.25. The normalized spacial score (nSPS) is 19.4. The minimum absolute atomic E-state index is 0.0277. The summed E-state index contributed by atoms with van der Waals surface area (Å²) >= 11 is 1.36. The molecule has 0 atom stereocenters. The number of morpholine rings is 1. The van der Waals surface area contributed by atoms with Crippen molar-refractivity contribution in [3.63, 3.8) is 0 Å². The maximum Gasteiger partial charge on any atom is 0.246 e. The molecule has 0 bridgehead atoms. The standard InChI is InChI=1S/C21H27N5O5S2/c1-30-17-7-4-15(12-18(17)33(28,29)25-8-10-31-11-9-25)22-19(27)13-32-21-24-23-20(14-2-3-14)26(21)16-5-6-16/h4,7,12,14,16H,2-3,5-6,8-11,13H2,1H3,(H,22,27). The summed E-state index contributed by atoms with van der Waals surface area (Å²) in [6.07, 6.45) is 4.57. The van der Waals surface area contributed by atoms with Crippen molar-refractivity contribution in [2.75, 3.05) is 44.5 Å². The van der Waals surface area contributed by atoms with E-state index in [2.05, 4.69) is 20.1 Å². The number of nitrogens with one attached hydrogen (secondary N) is 1. The molecule has 1 aliphatic heterocycles. The van der Waals surface area contributed by atoms with Gasteiger partial charge in [-0.1, -0.05) is 11.8 Å². The molecule has 2 heterocycles.